The minimum absolute atomic E-state index is 0.00782. The number of benzene rings is 2. The number of Topliss-reactive ketones (excluding diaryl/α,β-unsaturated/α-hetero) is 1. The van der Waals surface area contributed by atoms with Gasteiger partial charge in [-0.05, 0) is 59.8 Å². The molecule has 0 saturated carbocycles. The minimum Gasteiger partial charge on any atom is -0.507 e. The van der Waals surface area contributed by atoms with Gasteiger partial charge in [-0.2, -0.15) is 13.2 Å². The summed E-state index contributed by atoms with van der Waals surface area (Å²) in [4.78, 5) is 28.0. The number of fused-ring (bicyclic) bond motifs is 1. The number of hydrogen-bond acceptors (Lipinski definition) is 5. The van der Waals surface area contributed by atoms with E-state index in [1.165, 1.54) is 28.4 Å². The van der Waals surface area contributed by atoms with E-state index in [0.717, 1.165) is 17.7 Å². The van der Waals surface area contributed by atoms with Crippen LogP contribution in [0.2, 0.25) is 0 Å². The Kier molecular flexibility index (Phi) is 5.67. The molecule has 3 heterocycles. The molecule has 0 spiro atoms. The highest BCUT2D eigenvalue weighted by Crippen LogP contribution is 2.43. The van der Waals surface area contributed by atoms with Crippen molar-refractivity contribution in [1.82, 2.24) is 4.90 Å². The summed E-state index contributed by atoms with van der Waals surface area (Å²) in [5, 5.41) is 13.0. The molecule has 1 N–H and O–H groups in total. The molecule has 2 atom stereocenters. The van der Waals surface area contributed by atoms with Crippen LogP contribution in [-0.4, -0.2) is 27.8 Å². The largest absolute Gasteiger partial charge is 0.507 e. The van der Waals surface area contributed by atoms with Crippen LogP contribution < -0.4 is 4.74 Å². The third-order valence-corrected chi connectivity index (χ3v) is 7.05. The number of rotatable bonds is 4. The number of aliphatic hydroxyl groups is 1. The first-order chi connectivity index (χ1) is 16.6. The Morgan fingerprint density at radius 2 is 1.94 bits per heavy atom. The van der Waals surface area contributed by atoms with Crippen LogP contribution in [-0.2, 0) is 28.7 Å². The zero-order valence-electron chi connectivity index (χ0n) is 18.5. The number of carbonyl (C=O) groups excluding carboxylic acids is 2. The summed E-state index contributed by atoms with van der Waals surface area (Å²) in [6, 6.07) is 12.3. The van der Waals surface area contributed by atoms with Gasteiger partial charge in [0.1, 0.15) is 17.6 Å². The first kappa shape index (κ1) is 23.2. The number of aliphatic hydroxyl groups excluding tert-OH is 1. The molecule has 180 valence electrons. The van der Waals surface area contributed by atoms with E-state index >= 15 is 0 Å². The number of alkyl halides is 3. The van der Waals surface area contributed by atoms with Gasteiger partial charge in [-0.15, -0.1) is 11.3 Å². The molecule has 2 unspecified atom stereocenters. The van der Waals surface area contributed by atoms with E-state index in [0.29, 0.717) is 22.6 Å². The molecule has 1 saturated heterocycles. The summed E-state index contributed by atoms with van der Waals surface area (Å²) in [6.45, 7) is 1.71. The molecule has 2 aliphatic rings. The Morgan fingerprint density at radius 3 is 2.66 bits per heavy atom. The number of thiophene rings is 1. The van der Waals surface area contributed by atoms with Gasteiger partial charge < -0.3 is 14.7 Å². The van der Waals surface area contributed by atoms with E-state index in [4.69, 9.17) is 4.74 Å². The van der Waals surface area contributed by atoms with Crippen LogP contribution in [0.25, 0.3) is 5.76 Å². The third kappa shape index (κ3) is 4.20. The Bertz CT molecular complexity index is 1350. The minimum atomic E-state index is -4.54. The number of carbonyl (C=O) groups is 2. The third-order valence-electron chi connectivity index (χ3n) is 6.13. The van der Waals surface area contributed by atoms with Crippen LogP contribution in [0.1, 0.15) is 40.1 Å². The quantitative estimate of drug-likeness (QED) is 0.284. The number of hydrogen-bond donors (Lipinski definition) is 1. The second kappa shape index (κ2) is 8.57. The number of halogens is 3. The predicted molar refractivity (Wildman–Crippen MR) is 124 cm³/mol. The molecule has 3 aromatic rings. The fourth-order valence-corrected chi connectivity index (χ4v) is 5.40. The molecule has 0 radical (unpaired) electrons. The van der Waals surface area contributed by atoms with Gasteiger partial charge in [-0.3, -0.25) is 9.59 Å². The lowest BCUT2D eigenvalue weighted by atomic mass is 9.98. The molecule has 5 rings (SSSR count). The van der Waals surface area contributed by atoms with Crippen molar-refractivity contribution in [1.29, 1.82) is 0 Å². The second-order valence-corrected chi connectivity index (χ2v) is 9.57. The lowest BCUT2D eigenvalue weighted by Crippen LogP contribution is -2.29. The molecule has 1 amide bonds. The summed E-state index contributed by atoms with van der Waals surface area (Å²) in [5.74, 6) is -1.37. The van der Waals surface area contributed by atoms with Crippen LogP contribution in [0.5, 0.6) is 5.75 Å². The summed E-state index contributed by atoms with van der Waals surface area (Å²) in [6.07, 6.45) is -3.90. The van der Waals surface area contributed by atoms with Crippen molar-refractivity contribution < 1.29 is 32.6 Å². The average molecular weight is 500 g/mol. The zero-order chi connectivity index (χ0) is 24.9. The maximum atomic E-state index is 13.2. The Balaban J connectivity index is 1.57. The normalized spacial score (nSPS) is 21.3. The number of ether oxygens (including phenoxy) is 1. The van der Waals surface area contributed by atoms with Gasteiger partial charge in [0, 0.05) is 23.4 Å². The molecule has 1 aromatic heterocycles. The molecule has 9 heteroatoms. The summed E-state index contributed by atoms with van der Waals surface area (Å²) < 4.78 is 45.3. The van der Waals surface area contributed by atoms with Gasteiger partial charge in [0.05, 0.1) is 17.2 Å². The van der Waals surface area contributed by atoms with E-state index in [1.54, 1.807) is 35.7 Å². The van der Waals surface area contributed by atoms with Crippen LogP contribution >= 0.6 is 11.3 Å². The van der Waals surface area contributed by atoms with Gasteiger partial charge in [0.25, 0.3) is 11.7 Å². The Morgan fingerprint density at radius 1 is 1.14 bits per heavy atom. The van der Waals surface area contributed by atoms with Gasteiger partial charge >= 0.3 is 6.18 Å². The summed E-state index contributed by atoms with van der Waals surface area (Å²) in [7, 11) is 0. The zero-order valence-corrected chi connectivity index (χ0v) is 19.3. The van der Waals surface area contributed by atoms with Crippen molar-refractivity contribution in [3.8, 4) is 5.75 Å². The van der Waals surface area contributed by atoms with Crippen LogP contribution in [0.15, 0.2) is 65.6 Å². The predicted octanol–water partition coefficient (Wildman–Crippen LogP) is 5.71. The van der Waals surface area contributed by atoms with Gasteiger partial charge in [-0.25, -0.2) is 0 Å². The molecule has 0 bridgehead atoms. The van der Waals surface area contributed by atoms with E-state index in [-0.39, 0.29) is 29.5 Å². The molecule has 5 nitrogen and oxygen atoms in total. The van der Waals surface area contributed by atoms with E-state index in [2.05, 4.69) is 0 Å². The van der Waals surface area contributed by atoms with Crippen molar-refractivity contribution >= 4 is 28.8 Å². The number of nitrogens with zero attached hydrogens (tertiary/aromatic N) is 1. The van der Waals surface area contributed by atoms with Crippen molar-refractivity contribution in [2.45, 2.75) is 38.2 Å². The summed E-state index contributed by atoms with van der Waals surface area (Å²) in [5.41, 5.74) is 0.560. The maximum Gasteiger partial charge on any atom is 0.416 e. The van der Waals surface area contributed by atoms with E-state index in [1.807, 2.05) is 6.92 Å². The molecule has 2 aliphatic heterocycles. The van der Waals surface area contributed by atoms with Crippen LogP contribution in [0, 0.1) is 0 Å². The standard InChI is InChI=1S/C26H20F3NO4S/c1-14-10-17-12-16(7-8-19(17)34-14)23(31)21-22(20-6-3-9-35-20)30(25(33)24(21)32)13-15-4-2-5-18(11-15)26(27,28)29/h2-9,11-12,14,22,31H,10,13H2,1H3/b23-21-. The SMILES string of the molecule is CC1Cc2cc(/C(O)=C3/C(=O)C(=O)N(Cc4cccc(C(F)(F)F)c4)C3c3cccs3)ccc2O1. The van der Waals surface area contributed by atoms with E-state index in [9.17, 15) is 27.9 Å². The van der Waals surface area contributed by atoms with Crippen LogP contribution in [0.4, 0.5) is 13.2 Å². The smallest absolute Gasteiger partial charge is 0.416 e. The van der Waals surface area contributed by atoms with Crippen molar-refractivity contribution in [3.05, 3.63) is 92.7 Å². The molecule has 2 aromatic carbocycles. The number of ketones is 1. The highest BCUT2D eigenvalue weighted by atomic mass is 32.1. The van der Waals surface area contributed by atoms with Crippen molar-refractivity contribution in [2.75, 3.05) is 0 Å². The fraction of sp³-hybridized carbons (Fsp3) is 0.231. The maximum absolute atomic E-state index is 13.2. The summed E-state index contributed by atoms with van der Waals surface area (Å²) >= 11 is 1.29. The molecule has 1 fully saturated rings. The average Bonchev–Trinajstić information content (AvgIpc) is 3.52. The molecular weight excluding hydrogens is 479 g/mol. The van der Waals surface area contributed by atoms with E-state index < -0.39 is 29.5 Å². The second-order valence-electron chi connectivity index (χ2n) is 8.60. The topological polar surface area (TPSA) is 66.8 Å². The van der Waals surface area contributed by atoms with Crippen molar-refractivity contribution in [3.63, 3.8) is 0 Å². The Labute approximate surface area is 203 Å². The lowest BCUT2D eigenvalue weighted by molar-refractivity contribution is -0.140. The molecular formula is C26H20F3NO4S. The Hall–Kier alpha value is -3.59. The first-order valence-corrected chi connectivity index (χ1v) is 11.8. The van der Waals surface area contributed by atoms with Gasteiger partial charge in [0.15, 0.2) is 0 Å². The highest BCUT2D eigenvalue weighted by Gasteiger charge is 2.46. The van der Waals surface area contributed by atoms with Crippen LogP contribution in [0.3, 0.4) is 0 Å². The molecule has 35 heavy (non-hydrogen) atoms. The van der Waals surface area contributed by atoms with Gasteiger partial charge in [-0.1, -0.05) is 18.2 Å². The number of likely N-dealkylation sites (tertiary alicyclic amines) is 1. The molecule has 0 aliphatic carbocycles. The number of amides is 1. The van der Waals surface area contributed by atoms with Gasteiger partial charge in [0.2, 0.25) is 0 Å². The monoisotopic (exact) mass is 499 g/mol. The van der Waals surface area contributed by atoms with Crippen molar-refractivity contribution in [2.24, 2.45) is 0 Å². The lowest BCUT2D eigenvalue weighted by Gasteiger charge is -2.24. The fourth-order valence-electron chi connectivity index (χ4n) is 4.55. The highest BCUT2D eigenvalue weighted by molar-refractivity contribution is 7.10. The first-order valence-electron chi connectivity index (χ1n) is 10.9.